The Labute approximate surface area is 121 Å². The molecule has 1 saturated carbocycles. The number of carbonyl (C=O) groups is 1. The first-order valence-corrected chi connectivity index (χ1v) is 7.50. The first kappa shape index (κ1) is 14.9. The molecule has 2 unspecified atom stereocenters. The minimum absolute atomic E-state index is 0.164. The quantitative estimate of drug-likeness (QED) is 0.826. The van der Waals surface area contributed by atoms with E-state index in [0.29, 0.717) is 17.9 Å². The lowest BCUT2D eigenvalue weighted by molar-refractivity contribution is -0.122. The minimum Gasteiger partial charge on any atom is -0.399 e. The molecule has 0 aliphatic heterocycles. The molecule has 0 bridgehead atoms. The van der Waals surface area contributed by atoms with Crippen molar-refractivity contribution < 1.29 is 4.79 Å². The van der Waals surface area contributed by atoms with Crippen LogP contribution < -0.4 is 11.1 Å². The Morgan fingerprint density at radius 2 is 2.05 bits per heavy atom. The zero-order chi connectivity index (χ0) is 14.8. The molecule has 1 fully saturated rings. The maximum atomic E-state index is 12.1. The number of hydrogen-bond acceptors (Lipinski definition) is 2. The third-order valence-corrected chi connectivity index (χ3v) is 4.33. The molecule has 1 aliphatic carbocycles. The van der Waals surface area contributed by atoms with Gasteiger partial charge in [-0.05, 0) is 48.3 Å². The van der Waals surface area contributed by atoms with Gasteiger partial charge in [-0.25, -0.2) is 0 Å². The molecule has 0 aromatic heterocycles. The van der Waals surface area contributed by atoms with Crippen LogP contribution in [0, 0.1) is 5.41 Å². The van der Waals surface area contributed by atoms with Crippen LogP contribution >= 0.6 is 0 Å². The van der Waals surface area contributed by atoms with E-state index < -0.39 is 0 Å². The third kappa shape index (κ3) is 3.99. The number of nitrogens with one attached hydrogen (secondary N) is 1. The predicted octanol–water partition coefficient (Wildman–Crippen LogP) is 3.46. The highest BCUT2D eigenvalue weighted by Crippen LogP contribution is 2.37. The summed E-state index contributed by atoms with van der Waals surface area (Å²) in [5.41, 5.74) is 7.99. The normalized spacial score (nSPS) is 22.4. The van der Waals surface area contributed by atoms with Crippen LogP contribution in [0.15, 0.2) is 24.3 Å². The van der Waals surface area contributed by atoms with Gasteiger partial charge in [0.25, 0.3) is 0 Å². The molecule has 3 heteroatoms. The van der Waals surface area contributed by atoms with Crippen molar-refractivity contribution in [1.29, 1.82) is 0 Å². The highest BCUT2D eigenvalue weighted by molar-refractivity contribution is 5.77. The van der Waals surface area contributed by atoms with E-state index in [1.807, 2.05) is 24.3 Å². The predicted molar refractivity (Wildman–Crippen MR) is 83.4 cm³/mol. The largest absolute Gasteiger partial charge is 0.399 e. The molecule has 20 heavy (non-hydrogen) atoms. The molecule has 2 atom stereocenters. The van der Waals surface area contributed by atoms with Gasteiger partial charge in [0.15, 0.2) is 0 Å². The van der Waals surface area contributed by atoms with Crippen molar-refractivity contribution in [3.63, 3.8) is 0 Å². The molecule has 1 aromatic rings. The minimum atomic E-state index is 0.164. The number of nitrogen functional groups attached to an aromatic ring is 1. The zero-order valence-corrected chi connectivity index (χ0v) is 12.8. The number of hydrogen-bond donors (Lipinski definition) is 2. The summed E-state index contributed by atoms with van der Waals surface area (Å²) >= 11 is 0. The molecule has 1 amide bonds. The summed E-state index contributed by atoms with van der Waals surface area (Å²) < 4.78 is 0. The monoisotopic (exact) mass is 274 g/mol. The molecule has 1 aliphatic rings. The summed E-state index contributed by atoms with van der Waals surface area (Å²) in [5, 5.41) is 3.18. The number of benzene rings is 1. The maximum absolute atomic E-state index is 12.1. The molecule has 2 rings (SSSR count). The number of rotatable bonds is 4. The number of amides is 1. The van der Waals surface area contributed by atoms with Gasteiger partial charge >= 0.3 is 0 Å². The van der Waals surface area contributed by atoms with Crippen LogP contribution in [0.2, 0.25) is 0 Å². The van der Waals surface area contributed by atoms with Gasteiger partial charge in [-0.3, -0.25) is 4.79 Å². The standard InChI is InChI=1S/C17H26N2O/c1-12(13-4-6-14(18)7-5-13)10-16(20)19-15-8-9-17(2,3)11-15/h4-7,12,15H,8-11,18H2,1-3H3,(H,19,20). The Balaban J connectivity index is 1.84. The highest BCUT2D eigenvalue weighted by Gasteiger charge is 2.31. The Morgan fingerprint density at radius 3 is 2.60 bits per heavy atom. The van der Waals surface area contributed by atoms with Crippen molar-refractivity contribution in [2.45, 2.75) is 58.4 Å². The fourth-order valence-electron chi connectivity index (χ4n) is 3.07. The summed E-state index contributed by atoms with van der Waals surface area (Å²) in [6, 6.07) is 8.15. The van der Waals surface area contributed by atoms with E-state index in [1.165, 1.54) is 12.0 Å². The Kier molecular flexibility index (Phi) is 4.36. The summed E-state index contributed by atoms with van der Waals surface area (Å²) in [7, 11) is 0. The van der Waals surface area contributed by atoms with Gasteiger partial charge in [0.2, 0.25) is 5.91 Å². The van der Waals surface area contributed by atoms with Crippen molar-refractivity contribution in [3.05, 3.63) is 29.8 Å². The topological polar surface area (TPSA) is 55.1 Å². The Hall–Kier alpha value is -1.51. The van der Waals surface area contributed by atoms with Gasteiger partial charge in [0.1, 0.15) is 0 Å². The average molecular weight is 274 g/mol. The lowest BCUT2D eigenvalue weighted by Gasteiger charge is -2.19. The van der Waals surface area contributed by atoms with Crippen molar-refractivity contribution in [2.24, 2.45) is 5.41 Å². The van der Waals surface area contributed by atoms with E-state index in [0.717, 1.165) is 18.5 Å². The van der Waals surface area contributed by atoms with E-state index in [2.05, 4.69) is 26.1 Å². The third-order valence-electron chi connectivity index (χ3n) is 4.33. The molecule has 0 radical (unpaired) electrons. The van der Waals surface area contributed by atoms with Crippen LogP contribution in [-0.4, -0.2) is 11.9 Å². The highest BCUT2D eigenvalue weighted by atomic mass is 16.1. The van der Waals surface area contributed by atoms with Gasteiger partial charge in [0.05, 0.1) is 0 Å². The lowest BCUT2D eigenvalue weighted by Crippen LogP contribution is -2.34. The van der Waals surface area contributed by atoms with Crippen LogP contribution in [0.3, 0.4) is 0 Å². The van der Waals surface area contributed by atoms with Gasteiger partial charge < -0.3 is 11.1 Å². The second-order valence-electron chi connectivity index (χ2n) is 6.94. The van der Waals surface area contributed by atoms with Gasteiger partial charge in [-0.15, -0.1) is 0 Å². The summed E-state index contributed by atoms with van der Waals surface area (Å²) in [4.78, 5) is 12.1. The molecule has 3 nitrogen and oxygen atoms in total. The van der Waals surface area contributed by atoms with Crippen molar-refractivity contribution in [3.8, 4) is 0 Å². The van der Waals surface area contributed by atoms with E-state index in [-0.39, 0.29) is 11.8 Å². The number of anilines is 1. The second-order valence-corrected chi connectivity index (χ2v) is 6.94. The van der Waals surface area contributed by atoms with Crippen LogP contribution in [0.4, 0.5) is 5.69 Å². The number of nitrogens with two attached hydrogens (primary N) is 1. The Bertz CT molecular complexity index is 464. The molecule has 0 spiro atoms. The molecular formula is C17H26N2O. The molecule has 110 valence electrons. The maximum Gasteiger partial charge on any atom is 0.220 e. The van der Waals surface area contributed by atoms with Crippen molar-refractivity contribution in [2.75, 3.05) is 5.73 Å². The lowest BCUT2D eigenvalue weighted by atomic mass is 9.92. The fraction of sp³-hybridized carbons (Fsp3) is 0.588. The summed E-state index contributed by atoms with van der Waals surface area (Å²) in [6.45, 7) is 6.63. The fourth-order valence-corrected chi connectivity index (χ4v) is 3.07. The molecule has 0 saturated heterocycles. The first-order valence-electron chi connectivity index (χ1n) is 7.50. The van der Waals surface area contributed by atoms with E-state index in [4.69, 9.17) is 5.73 Å². The van der Waals surface area contributed by atoms with Crippen LogP contribution in [0.5, 0.6) is 0 Å². The SMILES string of the molecule is CC(CC(=O)NC1CCC(C)(C)C1)c1ccc(N)cc1. The summed E-state index contributed by atoms with van der Waals surface area (Å²) in [5.74, 6) is 0.391. The van der Waals surface area contributed by atoms with Crippen LogP contribution in [0.1, 0.15) is 57.9 Å². The van der Waals surface area contributed by atoms with E-state index in [1.54, 1.807) is 0 Å². The first-order chi connectivity index (χ1) is 9.35. The van der Waals surface area contributed by atoms with Gasteiger partial charge in [-0.1, -0.05) is 32.9 Å². The molecule has 0 heterocycles. The molecule has 1 aromatic carbocycles. The van der Waals surface area contributed by atoms with Gasteiger partial charge in [0, 0.05) is 18.2 Å². The van der Waals surface area contributed by atoms with Gasteiger partial charge in [-0.2, -0.15) is 0 Å². The number of carbonyl (C=O) groups excluding carboxylic acids is 1. The zero-order valence-electron chi connectivity index (χ0n) is 12.8. The van der Waals surface area contributed by atoms with E-state index >= 15 is 0 Å². The molecule has 3 N–H and O–H groups in total. The Morgan fingerprint density at radius 1 is 1.40 bits per heavy atom. The van der Waals surface area contributed by atoms with Crippen molar-refractivity contribution in [1.82, 2.24) is 5.32 Å². The van der Waals surface area contributed by atoms with E-state index in [9.17, 15) is 4.79 Å². The average Bonchev–Trinajstić information content (AvgIpc) is 2.69. The van der Waals surface area contributed by atoms with Crippen molar-refractivity contribution >= 4 is 11.6 Å². The summed E-state index contributed by atoms with van der Waals surface area (Å²) in [6.07, 6.45) is 3.94. The van der Waals surface area contributed by atoms with Crippen LogP contribution in [0.25, 0.3) is 0 Å². The molecular weight excluding hydrogens is 248 g/mol. The second kappa shape index (κ2) is 5.86. The smallest absolute Gasteiger partial charge is 0.220 e. The van der Waals surface area contributed by atoms with Crippen LogP contribution in [-0.2, 0) is 4.79 Å².